The molecule has 0 aliphatic carbocycles. The molecule has 59 heavy (non-hydrogen) atoms. The number of hydrogen-bond acceptors (Lipinski definition) is 12. The van der Waals surface area contributed by atoms with Crippen LogP contribution in [0.3, 0.4) is 0 Å². The van der Waals surface area contributed by atoms with Gasteiger partial charge in [-0.1, -0.05) is 25.1 Å². The van der Waals surface area contributed by atoms with E-state index < -0.39 is 0 Å². The Labute approximate surface area is 352 Å². The lowest BCUT2D eigenvalue weighted by Crippen LogP contribution is -2.37. The van der Waals surface area contributed by atoms with Crippen LogP contribution in [-0.4, -0.2) is 108 Å². The fourth-order valence-electron chi connectivity index (χ4n) is 7.04. The number of rotatable bonds is 8. The maximum absolute atomic E-state index is 12.6. The van der Waals surface area contributed by atoms with E-state index in [1.54, 1.807) is 46.8 Å². The number of aryl methyl sites for hydroxylation is 1. The molecule has 8 heterocycles. The average Bonchev–Trinajstić information content (AvgIpc) is 4.10. The first-order valence-electron chi connectivity index (χ1n) is 18.7. The van der Waals surface area contributed by atoms with Gasteiger partial charge >= 0.3 is 0 Å². The fourth-order valence-corrected chi connectivity index (χ4v) is 7.40. The highest BCUT2D eigenvalue weighted by Gasteiger charge is 2.29. The van der Waals surface area contributed by atoms with Crippen LogP contribution in [0.4, 0.5) is 11.6 Å². The van der Waals surface area contributed by atoms with Gasteiger partial charge in [0, 0.05) is 91.4 Å². The SMILES string of the molecule is C.Cc1ccc(-n2cnc(C(=O)N[C@H]3CCN(c4nccn5ccnc45)C3)n2)cc1.O=C(N[C@H]1CCN(c2nccn3ccnc23)C1)c1ncn(-c2ccc(I)cc2)n1. The topological polar surface area (TPSA) is 186 Å². The zero-order chi connectivity index (χ0) is 39.6. The summed E-state index contributed by atoms with van der Waals surface area (Å²) in [6.45, 7) is 4.97. The molecule has 19 heteroatoms. The molecule has 300 valence electrons. The number of carbonyl (C=O) groups is 2. The van der Waals surface area contributed by atoms with Crippen molar-refractivity contribution in [1.82, 2.24) is 68.9 Å². The summed E-state index contributed by atoms with van der Waals surface area (Å²) in [6.07, 6.45) is 19.3. The van der Waals surface area contributed by atoms with Crippen molar-refractivity contribution in [3.63, 3.8) is 0 Å². The molecule has 2 aromatic carbocycles. The van der Waals surface area contributed by atoms with E-state index in [0.717, 1.165) is 69.4 Å². The van der Waals surface area contributed by atoms with Crippen molar-refractivity contribution in [2.75, 3.05) is 36.0 Å². The lowest BCUT2D eigenvalue weighted by Gasteiger charge is -2.18. The molecular weight excluding hydrogens is 863 g/mol. The number of carbonyl (C=O) groups excluding carboxylic acids is 2. The molecule has 2 saturated heterocycles. The van der Waals surface area contributed by atoms with Gasteiger partial charge in [0.25, 0.3) is 11.8 Å². The molecular formula is C40H41IN16O2. The number of fused-ring (bicyclic) bond motifs is 2. The molecule has 0 spiro atoms. The number of nitrogens with one attached hydrogen (secondary N) is 2. The third kappa shape index (κ3) is 8.45. The van der Waals surface area contributed by atoms with Gasteiger partial charge < -0.3 is 29.2 Å². The molecule has 18 nitrogen and oxygen atoms in total. The van der Waals surface area contributed by atoms with Gasteiger partial charge in [-0.15, -0.1) is 10.2 Å². The Hall–Kier alpha value is -6.77. The predicted octanol–water partition coefficient (Wildman–Crippen LogP) is 4.19. The molecule has 2 aliphatic rings. The molecule has 0 saturated carbocycles. The first-order valence-corrected chi connectivity index (χ1v) is 19.8. The lowest BCUT2D eigenvalue weighted by atomic mass is 10.2. The Morgan fingerprint density at radius 3 is 1.49 bits per heavy atom. The van der Waals surface area contributed by atoms with Crippen LogP contribution in [0, 0.1) is 10.5 Å². The smallest absolute Gasteiger partial charge is 0.291 e. The van der Waals surface area contributed by atoms with E-state index in [1.807, 2.05) is 89.0 Å². The quantitative estimate of drug-likeness (QED) is 0.208. The molecule has 0 bridgehead atoms. The van der Waals surface area contributed by atoms with Gasteiger partial charge in [0.1, 0.15) is 12.7 Å². The van der Waals surface area contributed by atoms with Gasteiger partial charge in [0.15, 0.2) is 22.9 Å². The number of benzene rings is 2. The second-order valence-electron chi connectivity index (χ2n) is 14.0. The van der Waals surface area contributed by atoms with Gasteiger partial charge in [0.05, 0.1) is 11.4 Å². The number of aromatic nitrogens is 12. The maximum Gasteiger partial charge on any atom is 0.291 e. The van der Waals surface area contributed by atoms with Crippen molar-refractivity contribution in [3.8, 4) is 11.4 Å². The summed E-state index contributed by atoms with van der Waals surface area (Å²) in [7, 11) is 0. The molecule has 2 N–H and O–H groups in total. The third-order valence-electron chi connectivity index (χ3n) is 10.0. The van der Waals surface area contributed by atoms with E-state index in [9.17, 15) is 9.59 Å². The minimum Gasteiger partial charge on any atom is -0.351 e. The second kappa shape index (κ2) is 17.0. The molecule has 6 aromatic heterocycles. The van der Waals surface area contributed by atoms with Crippen LogP contribution in [0.1, 0.15) is 47.1 Å². The standard InChI is InChI=1S/C20H20N8O.C19H17IN8O.CH4/c1-14-2-4-16(5-3-14)28-13-23-17(25-28)20(29)24-15-6-9-27(12-15)19-18-21-7-10-26(18)11-8-22-19;20-13-1-3-15(4-2-13)28-12-23-16(25-28)19(29)24-14-5-8-27(11-14)18-17-21-6-9-26(17)10-7-22-18;/h2-5,7-8,10-11,13,15H,6,9,12H2,1H3,(H,24,29);1-4,6-7,9-10,12,14H,5,8,11H2,(H,24,29);1H4/t15-;14-;/m00./s1. The minimum atomic E-state index is -0.270. The van der Waals surface area contributed by atoms with Crippen molar-refractivity contribution in [1.29, 1.82) is 0 Å². The van der Waals surface area contributed by atoms with Crippen LogP contribution in [0.15, 0.2) is 111 Å². The highest BCUT2D eigenvalue weighted by Crippen LogP contribution is 2.23. The van der Waals surface area contributed by atoms with Crippen molar-refractivity contribution < 1.29 is 9.59 Å². The molecule has 2 fully saturated rings. The van der Waals surface area contributed by atoms with Crippen LogP contribution in [0.5, 0.6) is 0 Å². The normalized spacial score (nSPS) is 16.2. The Morgan fingerprint density at radius 1 is 0.610 bits per heavy atom. The van der Waals surface area contributed by atoms with Gasteiger partial charge in [-0.2, -0.15) is 0 Å². The second-order valence-corrected chi connectivity index (χ2v) is 15.2. The van der Waals surface area contributed by atoms with E-state index >= 15 is 0 Å². The Morgan fingerprint density at radius 2 is 1.03 bits per heavy atom. The van der Waals surface area contributed by atoms with Crippen molar-refractivity contribution >= 4 is 57.3 Å². The van der Waals surface area contributed by atoms with Crippen molar-refractivity contribution in [2.45, 2.75) is 39.3 Å². The summed E-state index contributed by atoms with van der Waals surface area (Å²) in [4.78, 5) is 55.6. The van der Waals surface area contributed by atoms with E-state index in [-0.39, 0.29) is 43.0 Å². The maximum atomic E-state index is 12.6. The van der Waals surface area contributed by atoms with E-state index in [1.165, 1.54) is 0 Å². The van der Waals surface area contributed by atoms with Crippen molar-refractivity contribution in [2.24, 2.45) is 0 Å². The van der Waals surface area contributed by atoms with Crippen LogP contribution >= 0.6 is 22.6 Å². The molecule has 2 atom stereocenters. The van der Waals surface area contributed by atoms with Crippen molar-refractivity contribution in [3.05, 3.63) is 132 Å². The third-order valence-corrected chi connectivity index (χ3v) is 10.7. The highest BCUT2D eigenvalue weighted by atomic mass is 127. The molecule has 0 unspecified atom stereocenters. The van der Waals surface area contributed by atoms with E-state index in [2.05, 4.69) is 83.1 Å². The number of imidazole rings is 2. The number of hydrogen-bond donors (Lipinski definition) is 2. The molecule has 2 amide bonds. The van der Waals surface area contributed by atoms with Gasteiger partial charge in [-0.25, -0.2) is 39.3 Å². The number of nitrogens with zero attached hydrogens (tertiary/aromatic N) is 14. The highest BCUT2D eigenvalue weighted by molar-refractivity contribution is 14.1. The number of amides is 2. The van der Waals surface area contributed by atoms with Gasteiger partial charge in [-0.05, 0) is 78.8 Å². The molecule has 2 aliphatic heterocycles. The first kappa shape index (κ1) is 39.1. The summed E-state index contributed by atoms with van der Waals surface area (Å²) in [5.74, 6) is 1.45. The Kier molecular flexibility index (Phi) is 11.2. The largest absolute Gasteiger partial charge is 0.351 e. The zero-order valence-electron chi connectivity index (χ0n) is 31.2. The van der Waals surface area contributed by atoms with Crippen LogP contribution in [-0.2, 0) is 0 Å². The summed E-state index contributed by atoms with van der Waals surface area (Å²) < 4.78 is 8.23. The Balaban J connectivity index is 0.000000161. The van der Waals surface area contributed by atoms with E-state index in [0.29, 0.717) is 13.1 Å². The van der Waals surface area contributed by atoms with E-state index in [4.69, 9.17) is 0 Å². The minimum absolute atomic E-state index is 0. The monoisotopic (exact) mass is 904 g/mol. The van der Waals surface area contributed by atoms with Gasteiger partial charge in [0.2, 0.25) is 11.6 Å². The zero-order valence-corrected chi connectivity index (χ0v) is 33.4. The average molecular weight is 905 g/mol. The summed E-state index contributed by atoms with van der Waals surface area (Å²) in [5.41, 5.74) is 4.53. The first-order chi connectivity index (χ1) is 28.3. The molecule has 0 radical (unpaired) electrons. The van der Waals surface area contributed by atoms with Crippen LogP contribution < -0.4 is 20.4 Å². The van der Waals surface area contributed by atoms with Crippen LogP contribution in [0.2, 0.25) is 0 Å². The van der Waals surface area contributed by atoms with Crippen LogP contribution in [0.25, 0.3) is 22.7 Å². The number of halogens is 1. The molecule has 10 rings (SSSR count). The predicted molar refractivity (Wildman–Crippen MR) is 229 cm³/mol. The lowest BCUT2D eigenvalue weighted by molar-refractivity contribution is 0.0921. The fraction of sp³-hybridized carbons (Fsp3) is 0.250. The summed E-state index contributed by atoms with van der Waals surface area (Å²) >= 11 is 2.25. The Bertz CT molecular complexity index is 2520. The molecule has 8 aromatic rings. The number of anilines is 2. The van der Waals surface area contributed by atoms with Gasteiger partial charge in [-0.3, -0.25) is 9.59 Å². The summed E-state index contributed by atoms with van der Waals surface area (Å²) in [6, 6.07) is 15.8. The summed E-state index contributed by atoms with van der Waals surface area (Å²) in [5, 5.41) is 14.7.